The zero-order valence-corrected chi connectivity index (χ0v) is 9.58. The minimum Gasteiger partial charge on any atom is -0.470 e. The quantitative estimate of drug-likeness (QED) is 0.658. The molecule has 0 spiro atoms. The molecule has 0 amide bonds. The molecule has 0 aromatic carbocycles. The van der Waals surface area contributed by atoms with Gasteiger partial charge in [-0.05, 0) is 19.3 Å². The van der Waals surface area contributed by atoms with Crippen molar-refractivity contribution in [2.24, 2.45) is 0 Å². The van der Waals surface area contributed by atoms with Crippen molar-refractivity contribution in [1.29, 1.82) is 0 Å². The number of nitro groups is 1. The van der Waals surface area contributed by atoms with Crippen LogP contribution in [0.5, 0.6) is 5.88 Å². The van der Waals surface area contributed by atoms with E-state index in [4.69, 9.17) is 4.74 Å². The predicted octanol–water partition coefficient (Wildman–Crippen LogP) is 1.81. The lowest BCUT2D eigenvalue weighted by atomic mass is 9.95. The van der Waals surface area contributed by atoms with Gasteiger partial charge in [0, 0.05) is 0 Å². The van der Waals surface area contributed by atoms with E-state index in [2.05, 4.69) is 4.98 Å². The van der Waals surface area contributed by atoms with Gasteiger partial charge in [-0.2, -0.15) is 0 Å². The number of aliphatic hydroxyl groups excluding tert-OH is 1. The van der Waals surface area contributed by atoms with Gasteiger partial charge >= 0.3 is 0 Å². The van der Waals surface area contributed by atoms with Crippen molar-refractivity contribution in [1.82, 2.24) is 4.98 Å². The van der Waals surface area contributed by atoms with Crippen LogP contribution in [-0.2, 0) is 0 Å². The Morgan fingerprint density at radius 2 is 2.22 bits per heavy atom. The Labute approximate surface area is 103 Å². The maximum atomic E-state index is 13.5. The summed E-state index contributed by atoms with van der Waals surface area (Å²) in [5.41, 5.74) is -0.427. The van der Waals surface area contributed by atoms with E-state index in [0.29, 0.717) is 12.8 Å². The molecule has 1 N–H and O–H groups in total. The van der Waals surface area contributed by atoms with Gasteiger partial charge in [0.15, 0.2) is 5.82 Å². The molecule has 2 rings (SSSR count). The van der Waals surface area contributed by atoms with E-state index >= 15 is 0 Å². The van der Waals surface area contributed by atoms with Crippen molar-refractivity contribution in [3.63, 3.8) is 0 Å². The molecule has 1 aliphatic rings. The Morgan fingerprint density at radius 1 is 1.50 bits per heavy atom. The lowest BCUT2D eigenvalue weighted by Gasteiger charge is -2.27. The van der Waals surface area contributed by atoms with Gasteiger partial charge in [-0.1, -0.05) is 6.42 Å². The number of rotatable bonds is 3. The first kappa shape index (κ1) is 12.7. The molecule has 1 aromatic heterocycles. The Kier molecular flexibility index (Phi) is 3.71. The van der Waals surface area contributed by atoms with Crippen LogP contribution in [0.2, 0.25) is 0 Å². The number of pyridine rings is 1. The van der Waals surface area contributed by atoms with Crippen molar-refractivity contribution < 1.29 is 19.2 Å². The fraction of sp³-hybridized carbons (Fsp3) is 0.545. The highest BCUT2D eigenvalue weighted by molar-refractivity contribution is 5.30. The molecule has 18 heavy (non-hydrogen) atoms. The van der Waals surface area contributed by atoms with Crippen molar-refractivity contribution in [3.05, 3.63) is 28.2 Å². The molecule has 1 aromatic rings. The van der Waals surface area contributed by atoms with E-state index in [1.165, 1.54) is 0 Å². The lowest BCUT2D eigenvalue weighted by Crippen LogP contribution is -2.35. The average molecular weight is 256 g/mol. The summed E-state index contributed by atoms with van der Waals surface area (Å²) in [4.78, 5) is 13.3. The van der Waals surface area contributed by atoms with E-state index in [-0.39, 0.29) is 5.88 Å². The molecular weight excluding hydrogens is 243 g/mol. The maximum absolute atomic E-state index is 13.5. The summed E-state index contributed by atoms with van der Waals surface area (Å²) in [6.45, 7) is 0. The van der Waals surface area contributed by atoms with Gasteiger partial charge in [0.1, 0.15) is 12.3 Å². The van der Waals surface area contributed by atoms with Crippen molar-refractivity contribution >= 4 is 5.69 Å². The number of aromatic nitrogens is 1. The Morgan fingerprint density at radius 3 is 2.83 bits per heavy atom. The van der Waals surface area contributed by atoms with Gasteiger partial charge in [0.25, 0.3) is 11.6 Å². The summed E-state index contributed by atoms with van der Waals surface area (Å²) < 4.78 is 18.8. The highest BCUT2D eigenvalue weighted by Crippen LogP contribution is 2.25. The average Bonchev–Trinajstić information content (AvgIpc) is 2.34. The van der Waals surface area contributed by atoms with Crippen LogP contribution in [0.15, 0.2) is 12.3 Å². The summed E-state index contributed by atoms with van der Waals surface area (Å²) in [6, 6.07) is 0.761. The fourth-order valence-corrected chi connectivity index (χ4v) is 1.96. The van der Waals surface area contributed by atoms with E-state index in [1.807, 2.05) is 0 Å². The normalized spacial score (nSPS) is 23.7. The van der Waals surface area contributed by atoms with E-state index in [9.17, 15) is 19.6 Å². The third-order valence-electron chi connectivity index (χ3n) is 2.93. The number of halogens is 1. The maximum Gasteiger partial charge on any atom is 0.290 e. The molecule has 1 aliphatic carbocycles. The second kappa shape index (κ2) is 5.26. The molecule has 0 aliphatic heterocycles. The molecule has 0 bridgehead atoms. The monoisotopic (exact) mass is 256 g/mol. The van der Waals surface area contributed by atoms with E-state index < -0.39 is 28.6 Å². The van der Waals surface area contributed by atoms with Crippen LogP contribution in [0.4, 0.5) is 10.1 Å². The smallest absolute Gasteiger partial charge is 0.290 e. The first-order valence-corrected chi connectivity index (χ1v) is 5.72. The standard InChI is InChI=1S/C11H13FN2O4/c12-8-5-7(14(16)17)6-13-11(8)18-10-4-2-1-3-9(10)15/h5-6,9-10,15H,1-4H2/t9-,10?/m1/s1. The summed E-state index contributed by atoms with van der Waals surface area (Å²) >= 11 is 0. The van der Waals surface area contributed by atoms with Gasteiger partial charge in [-0.15, -0.1) is 0 Å². The van der Waals surface area contributed by atoms with Crippen molar-refractivity contribution in [2.45, 2.75) is 37.9 Å². The Hall–Kier alpha value is -1.76. The molecule has 1 fully saturated rings. The molecule has 0 saturated heterocycles. The van der Waals surface area contributed by atoms with Crippen LogP contribution >= 0.6 is 0 Å². The van der Waals surface area contributed by atoms with Crippen molar-refractivity contribution in [2.75, 3.05) is 0 Å². The summed E-state index contributed by atoms with van der Waals surface area (Å²) in [7, 11) is 0. The van der Waals surface area contributed by atoms with Gasteiger partial charge < -0.3 is 9.84 Å². The van der Waals surface area contributed by atoms with E-state index in [0.717, 1.165) is 25.1 Å². The largest absolute Gasteiger partial charge is 0.470 e. The number of nitrogens with zero attached hydrogens (tertiary/aromatic N) is 2. The van der Waals surface area contributed by atoms with E-state index in [1.54, 1.807) is 0 Å². The van der Waals surface area contributed by atoms with Gasteiger partial charge in [-0.3, -0.25) is 10.1 Å². The van der Waals surface area contributed by atoms with Gasteiger partial charge in [0.05, 0.1) is 17.1 Å². The van der Waals surface area contributed by atoms with Crippen LogP contribution in [0.1, 0.15) is 25.7 Å². The topological polar surface area (TPSA) is 85.5 Å². The lowest BCUT2D eigenvalue weighted by molar-refractivity contribution is -0.385. The zero-order chi connectivity index (χ0) is 13.1. The highest BCUT2D eigenvalue weighted by Gasteiger charge is 2.26. The van der Waals surface area contributed by atoms with Crippen LogP contribution in [0, 0.1) is 15.9 Å². The molecule has 6 nitrogen and oxygen atoms in total. The molecule has 1 heterocycles. The number of ether oxygens (including phenoxy) is 1. The summed E-state index contributed by atoms with van der Waals surface area (Å²) in [5, 5.41) is 20.1. The Bertz CT molecular complexity index is 455. The molecule has 0 radical (unpaired) electrons. The van der Waals surface area contributed by atoms with Gasteiger partial charge in [0.2, 0.25) is 0 Å². The second-order valence-electron chi connectivity index (χ2n) is 4.25. The number of hydrogen-bond acceptors (Lipinski definition) is 5. The highest BCUT2D eigenvalue weighted by atomic mass is 19.1. The molecule has 98 valence electrons. The van der Waals surface area contributed by atoms with Crippen LogP contribution < -0.4 is 4.74 Å². The number of hydrogen-bond donors (Lipinski definition) is 1. The summed E-state index contributed by atoms with van der Waals surface area (Å²) in [6.07, 6.45) is 2.84. The SMILES string of the molecule is O=[N+]([O-])c1cnc(OC2CCCC[C@H]2O)c(F)c1. The van der Waals surface area contributed by atoms with Crippen LogP contribution in [0.3, 0.4) is 0 Å². The van der Waals surface area contributed by atoms with Crippen LogP contribution in [-0.4, -0.2) is 27.2 Å². The molecule has 1 unspecified atom stereocenters. The molecule has 7 heteroatoms. The number of aliphatic hydroxyl groups is 1. The zero-order valence-electron chi connectivity index (χ0n) is 9.58. The predicted molar refractivity (Wildman–Crippen MR) is 59.7 cm³/mol. The van der Waals surface area contributed by atoms with Gasteiger partial charge in [-0.25, -0.2) is 9.37 Å². The molecule has 2 atom stereocenters. The third kappa shape index (κ3) is 2.73. The molecule has 1 saturated carbocycles. The second-order valence-corrected chi connectivity index (χ2v) is 4.25. The fourth-order valence-electron chi connectivity index (χ4n) is 1.96. The molecular formula is C11H13FN2O4. The Balaban J connectivity index is 2.11. The minimum absolute atomic E-state index is 0.299. The third-order valence-corrected chi connectivity index (χ3v) is 2.93. The summed E-state index contributed by atoms with van der Waals surface area (Å²) in [5.74, 6) is -1.19. The first-order chi connectivity index (χ1) is 8.58. The first-order valence-electron chi connectivity index (χ1n) is 5.72. The van der Waals surface area contributed by atoms with Crippen molar-refractivity contribution in [3.8, 4) is 5.88 Å². The van der Waals surface area contributed by atoms with Crippen LogP contribution in [0.25, 0.3) is 0 Å². The minimum atomic E-state index is -0.887.